The Balaban J connectivity index is 2.12. The average molecular weight is 383 g/mol. The molecule has 9 heteroatoms. The molecule has 7 nitrogen and oxygen atoms in total. The molecule has 3 aromatic heterocycles. The maximum atomic E-state index is 10.8. The summed E-state index contributed by atoms with van der Waals surface area (Å²) in [5.74, 6) is 0.769. The lowest BCUT2D eigenvalue weighted by Gasteiger charge is -2.29. The average Bonchev–Trinajstić information content (AvgIpc) is 3.27. The maximum Gasteiger partial charge on any atom is 0.230 e. The largest absolute Gasteiger partial charge is 0.492 e. The zero-order valence-corrected chi connectivity index (χ0v) is 15.8. The van der Waals surface area contributed by atoms with Gasteiger partial charge in [0.25, 0.3) is 0 Å². The molecule has 25 heavy (non-hydrogen) atoms. The first-order valence-electron chi connectivity index (χ1n) is 8.17. The number of thiophene rings is 1. The minimum atomic E-state index is -0.252. The van der Waals surface area contributed by atoms with Crippen LogP contribution in [-0.2, 0) is 6.42 Å². The van der Waals surface area contributed by atoms with Crippen LogP contribution in [-0.4, -0.2) is 61.1 Å². The number of hydrogen-bond acceptors (Lipinski definition) is 8. The molecular weight excluding hydrogens is 360 g/mol. The third kappa shape index (κ3) is 3.42. The van der Waals surface area contributed by atoms with Crippen molar-refractivity contribution >= 4 is 27.6 Å². The van der Waals surface area contributed by atoms with Crippen LogP contribution in [0.2, 0.25) is 0 Å². The Labute approximate surface area is 153 Å². The number of aliphatic hydroxyl groups is 2. The molecule has 0 aliphatic rings. The van der Waals surface area contributed by atoms with E-state index in [0.717, 1.165) is 15.3 Å². The molecule has 0 saturated heterocycles. The number of rotatable bonds is 8. The van der Waals surface area contributed by atoms with Crippen LogP contribution < -0.4 is 0 Å². The quantitative estimate of drug-likeness (QED) is 0.550. The molecule has 3 rings (SSSR count). The third-order valence-electron chi connectivity index (χ3n) is 4.10. The van der Waals surface area contributed by atoms with Gasteiger partial charge in [0.2, 0.25) is 10.8 Å². The SMILES string of the molecule is CCc1nc2sc(C(c3sccc3C)N(CCO)CCO)c(O)n2n1. The molecule has 3 aromatic rings. The Morgan fingerprint density at radius 2 is 1.96 bits per heavy atom. The molecule has 136 valence electrons. The molecule has 0 amide bonds. The fraction of sp³-hybridized carbons (Fsp3) is 0.500. The molecule has 1 unspecified atom stereocenters. The topological polar surface area (TPSA) is 94.1 Å². The van der Waals surface area contributed by atoms with E-state index in [1.54, 1.807) is 11.3 Å². The molecule has 0 aliphatic heterocycles. The van der Waals surface area contributed by atoms with Crippen molar-refractivity contribution in [1.82, 2.24) is 19.5 Å². The minimum absolute atomic E-state index is 0.0254. The van der Waals surface area contributed by atoms with Crippen molar-refractivity contribution in [3.8, 4) is 5.88 Å². The highest BCUT2D eigenvalue weighted by Gasteiger charge is 2.31. The highest BCUT2D eigenvalue weighted by molar-refractivity contribution is 7.17. The van der Waals surface area contributed by atoms with Crippen LogP contribution in [0.4, 0.5) is 0 Å². The molecule has 0 spiro atoms. The van der Waals surface area contributed by atoms with E-state index in [-0.39, 0.29) is 25.1 Å². The van der Waals surface area contributed by atoms with Gasteiger partial charge in [-0.2, -0.15) is 4.52 Å². The summed E-state index contributed by atoms with van der Waals surface area (Å²) in [6, 6.07) is 1.78. The lowest BCUT2D eigenvalue weighted by atomic mass is 10.1. The number of aryl methyl sites for hydroxylation is 2. The predicted octanol–water partition coefficient (Wildman–Crippen LogP) is 1.80. The predicted molar refractivity (Wildman–Crippen MR) is 98.6 cm³/mol. The van der Waals surface area contributed by atoms with Gasteiger partial charge in [-0.05, 0) is 23.9 Å². The first kappa shape index (κ1) is 18.3. The van der Waals surface area contributed by atoms with Crippen LogP contribution in [0.25, 0.3) is 4.96 Å². The summed E-state index contributed by atoms with van der Waals surface area (Å²) in [7, 11) is 0. The number of aromatic nitrogens is 3. The summed E-state index contributed by atoms with van der Waals surface area (Å²) >= 11 is 3.00. The van der Waals surface area contributed by atoms with E-state index in [1.807, 2.05) is 30.2 Å². The molecule has 0 bridgehead atoms. The van der Waals surface area contributed by atoms with Crippen molar-refractivity contribution in [2.45, 2.75) is 26.3 Å². The molecule has 0 saturated carbocycles. The van der Waals surface area contributed by atoms with Crippen LogP contribution in [0.15, 0.2) is 11.4 Å². The van der Waals surface area contributed by atoms with E-state index in [4.69, 9.17) is 0 Å². The monoisotopic (exact) mass is 382 g/mol. The van der Waals surface area contributed by atoms with Gasteiger partial charge in [0, 0.05) is 24.4 Å². The van der Waals surface area contributed by atoms with Gasteiger partial charge in [-0.1, -0.05) is 18.3 Å². The fourth-order valence-electron chi connectivity index (χ4n) is 2.86. The number of thiazole rings is 1. The van der Waals surface area contributed by atoms with Gasteiger partial charge in [0.05, 0.1) is 24.1 Å². The van der Waals surface area contributed by atoms with Gasteiger partial charge in [-0.3, -0.25) is 4.90 Å². The first-order valence-corrected chi connectivity index (χ1v) is 9.87. The van der Waals surface area contributed by atoms with Crippen LogP contribution >= 0.6 is 22.7 Å². The Bertz CT molecular complexity index is 836. The molecule has 1 atom stereocenters. The van der Waals surface area contributed by atoms with E-state index in [2.05, 4.69) is 10.1 Å². The van der Waals surface area contributed by atoms with E-state index in [1.165, 1.54) is 15.9 Å². The number of fused-ring (bicyclic) bond motifs is 1. The summed E-state index contributed by atoms with van der Waals surface area (Å²) in [6.07, 6.45) is 0.706. The van der Waals surface area contributed by atoms with Gasteiger partial charge in [0.15, 0.2) is 5.82 Å². The number of hydrogen-bond donors (Lipinski definition) is 3. The molecule has 3 heterocycles. The second-order valence-electron chi connectivity index (χ2n) is 5.72. The van der Waals surface area contributed by atoms with Crippen LogP contribution in [0.5, 0.6) is 5.88 Å². The van der Waals surface area contributed by atoms with Crippen LogP contribution in [0, 0.1) is 6.92 Å². The molecule has 0 fully saturated rings. The second-order valence-corrected chi connectivity index (χ2v) is 7.68. The number of aromatic hydroxyl groups is 1. The number of nitrogens with zero attached hydrogens (tertiary/aromatic N) is 4. The fourth-order valence-corrected chi connectivity index (χ4v) is 5.12. The molecule has 3 N–H and O–H groups in total. The summed E-state index contributed by atoms with van der Waals surface area (Å²) in [4.78, 5) is 8.88. The Kier molecular flexibility index (Phi) is 5.70. The van der Waals surface area contributed by atoms with E-state index in [9.17, 15) is 15.3 Å². The van der Waals surface area contributed by atoms with E-state index >= 15 is 0 Å². The van der Waals surface area contributed by atoms with Crippen molar-refractivity contribution in [3.05, 3.63) is 32.6 Å². The van der Waals surface area contributed by atoms with Gasteiger partial charge in [-0.25, -0.2) is 4.98 Å². The number of aliphatic hydroxyl groups excluding tert-OH is 2. The van der Waals surface area contributed by atoms with E-state index in [0.29, 0.717) is 30.3 Å². The molecule has 0 radical (unpaired) electrons. The van der Waals surface area contributed by atoms with Crippen molar-refractivity contribution in [2.75, 3.05) is 26.3 Å². The van der Waals surface area contributed by atoms with Gasteiger partial charge < -0.3 is 15.3 Å². The standard InChI is InChI=1S/C16H22N4O3S2/c1-3-11-17-16-20(18-11)15(23)14(25-16)12(13-10(2)4-9-24-13)19(5-7-21)6-8-22/h4,9,12,21-23H,3,5-8H2,1-2H3. The van der Waals surface area contributed by atoms with Crippen LogP contribution in [0.3, 0.4) is 0 Å². The Hall–Kier alpha value is -1.52. The van der Waals surface area contributed by atoms with Gasteiger partial charge >= 0.3 is 0 Å². The minimum Gasteiger partial charge on any atom is -0.492 e. The Morgan fingerprint density at radius 1 is 1.24 bits per heavy atom. The molecular formula is C16H22N4O3S2. The molecule has 0 aliphatic carbocycles. The van der Waals surface area contributed by atoms with Crippen molar-refractivity contribution in [2.24, 2.45) is 0 Å². The highest BCUT2D eigenvalue weighted by Crippen LogP contribution is 2.42. The van der Waals surface area contributed by atoms with Crippen molar-refractivity contribution in [3.63, 3.8) is 0 Å². The van der Waals surface area contributed by atoms with Crippen LogP contribution in [0.1, 0.15) is 34.1 Å². The van der Waals surface area contributed by atoms with Gasteiger partial charge in [0.1, 0.15) is 0 Å². The third-order valence-corrected chi connectivity index (χ3v) is 6.24. The zero-order valence-electron chi connectivity index (χ0n) is 14.2. The molecule has 0 aromatic carbocycles. The normalized spacial score (nSPS) is 13.2. The zero-order chi connectivity index (χ0) is 18.0. The summed E-state index contributed by atoms with van der Waals surface area (Å²) in [6.45, 7) is 4.74. The van der Waals surface area contributed by atoms with Crippen molar-refractivity contribution in [1.29, 1.82) is 0 Å². The van der Waals surface area contributed by atoms with Gasteiger partial charge in [-0.15, -0.1) is 16.4 Å². The summed E-state index contributed by atoms with van der Waals surface area (Å²) in [5, 5.41) is 36.0. The summed E-state index contributed by atoms with van der Waals surface area (Å²) in [5.41, 5.74) is 1.11. The first-order chi connectivity index (χ1) is 12.1. The lowest BCUT2D eigenvalue weighted by Crippen LogP contribution is -2.34. The Morgan fingerprint density at radius 3 is 2.48 bits per heavy atom. The summed E-state index contributed by atoms with van der Waals surface area (Å²) < 4.78 is 1.48. The highest BCUT2D eigenvalue weighted by atomic mass is 32.1. The maximum absolute atomic E-state index is 10.8. The second kappa shape index (κ2) is 7.79. The smallest absolute Gasteiger partial charge is 0.230 e. The van der Waals surface area contributed by atoms with Crippen molar-refractivity contribution < 1.29 is 15.3 Å². The van der Waals surface area contributed by atoms with E-state index < -0.39 is 0 Å². The lowest BCUT2D eigenvalue weighted by molar-refractivity contribution is 0.137.